The van der Waals surface area contributed by atoms with Crippen LogP contribution in [0.25, 0.3) is 22.5 Å². The van der Waals surface area contributed by atoms with Gasteiger partial charge < -0.3 is 4.90 Å². The van der Waals surface area contributed by atoms with Crippen LogP contribution >= 0.6 is 37.2 Å². The van der Waals surface area contributed by atoms with Gasteiger partial charge in [0.1, 0.15) is 0 Å². The summed E-state index contributed by atoms with van der Waals surface area (Å²) >= 11 is 0. The van der Waals surface area contributed by atoms with Crippen molar-refractivity contribution in [3.05, 3.63) is 136 Å². The minimum atomic E-state index is 0. The van der Waals surface area contributed by atoms with E-state index in [9.17, 15) is 0 Å². The highest BCUT2D eigenvalue weighted by Gasteiger charge is 2.25. The molecule has 3 heterocycles. The second-order valence-corrected chi connectivity index (χ2v) is 12.6. The fraction of sp³-hybridized carbons (Fsp3) is 0.300. The number of rotatable bonds is 8. The standard InChI is InChI=1S/C40H44N4.3ClH/c1-28-10-12-36(13-11-28)44(27-34-15-18-41-39(24-34)35-22-30(3)32(5)31(4)23-35)37-16-20-43(21-17-37)26-33-14-19-42-40(25-33)38-9-7-6-8-29(38)2;;;/h6-15,18-19,22-25,37H,16-17,20-21,26-27H2,1-5H3;3*1H. The van der Waals surface area contributed by atoms with Crippen LogP contribution in [0.3, 0.4) is 0 Å². The van der Waals surface area contributed by atoms with Gasteiger partial charge in [0, 0.05) is 61.4 Å². The number of anilines is 1. The highest BCUT2D eigenvalue weighted by molar-refractivity contribution is 5.86. The number of pyridine rings is 2. The van der Waals surface area contributed by atoms with Gasteiger partial charge in [-0.15, -0.1) is 37.2 Å². The molecule has 2 aromatic heterocycles. The van der Waals surface area contributed by atoms with Crippen LogP contribution in [0.1, 0.15) is 51.8 Å². The lowest BCUT2D eigenvalue weighted by Crippen LogP contribution is -2.44. The summed E-state index contributed by atoms with van der Waals surface area (Å²) in [6.45, 7) is 14.9. The first-order valence-corrected chi connectivity index (χ1v) is 15.9. The molecule has 5 aromatic rings. The van der Waals surface area contributed by atoms with E-state index in [-0.39, 0.29) is 37.2 Å². The van der Waals surface area contributed by atoms with Gasteiger partial charge >= 0.3 is 0 Å². The molecule has 0 unspecified atom stereocenters. The Balaban J connectivity index is 0.00000200. The van der Waals surface area contributed by atoms with Gasteiger partial charge in [-0.2, -0.15) is 0 Å². The molecule has 0 atom stereocenters. The molecule has 0 bridgehead atoms. The maximum absolute atomic E-state index is 4.78. The maximum Gasteiger partial charge on any atom is 0.0707 e. The number of halogens is 3. The van der Waals surface area contributed by atoms with Crippen molar-refractivity contribution in [1.29, 1.82) is 0 Å². The van der Waals surface area contributed by atoms with Gasteiger partial charge in [0.05, 0.1) is 11.4 Å². The van der Waals surface area contributed by atoms with Crippen molar-refractivity contribution in [2.75, 3.05) is 18.0 Å². The van der Waals surface area contributed by atoms with Gasteiger partial charge in [0.25, 0.3) is 0 Å². The summed E-state index contributed by atoms with van der Waals surface area (Å²) in [5, 5.41) is 0. The average molecular weight is 690 g/mol. The molecule has 6 rings (SSSR count). The number of likely N-dealkylation sites (tertiary alicyclic amines) is 1. The van der Waals surface area contributed by atoms with Crippen LogP contribution in [-0.2, 0) is 13.1 Å². The molecule has 1 aliphatic heterocycles. The number of nitrogens with zero attached hydrogens (tertiary/aromatic N) is 4. The van der Waals surface area contributed by atoms with E-state index in [1.807, 2.05) is 12.4 Å². The van der Waals surface area contributed by atoms with E-state index in [1.54, 1.807) is 0 Å². The number of benzene rings is 3. The van der Waals surface area contributed by atoms with Crippen molar-refractivity contribution in [3.8, 4) is 22.5 Å². The van der Waals surface area contributed by atoms with Gasteiger partial charge in [-0.1, -0.05) is 42.0 Å². The predicted molar refractivity (Wildman–Crippen MR) is 206 cm³/mol. The second-order valence-electron chi connectivity index (χ2n) is 12.6. The zero-order chi connectivity index (χ0) is 30.6. The number of hydrogen-bond acceptors (Lipinski definition) is 4. The summed E-state index contributed by atoms with van der Waals surface area (Å²) in [7, 11) is 0. The molecule has 7 heteroatoms. The Morgan fingerprint density at radius 3 is 1.91 bits per heavy atom. The smallest absolute Gasteiger partial charge is 0.0707 e. The number of piperidine rings is 1. The average Bonchev–Trinajstić information content (AvgIpc) is 3.04. The first kappa shape index (κ1) is 38.0. The quantitative estimate of drug-likeness (QED) is 0.162. The second kappa shape index (κ2) is 17.1. The van der Waals surface area contributed by atoms with Crippen LogP contribution in [-0.4, -0.2) is 34.0 Å². The van der Waals surface area contributed by atoms with Crippen molar-refractivity contribution in [1.82, 2.24) is 14.9 Å². The van der Waals surface area contributed by atoms with Crippen molar-refractivity contribution >= 4 is 42.9 Å². The van der Waals surface area contributed by atoms with Crippen LogP contribution in [0.4, 0.5) is 5.69 Å². The van der Waals surface area contributed by atoms with E-state index < -0.39 is 0 Å². The Bertz CT molecular complexity index is 1720. The van der Waals surface area contributed by atoms with E-state index in [4.69, 9.17) is 4.98 Å². The van der Waals surface area contributed by atoms with Crippen molar-refractivity contribution in [3.63, 3.8) is 0 Å². The largest absolute Gasteiger partial charge is 0.364 e. The van der Waals surface area contributed by atoms with Crippen LogP contribution < -0.4 is 4.90 Å². The molecule has 1 fully saturated rings. The Morgan fingerprint density at radius 1 is 0.660 bits per heavy atom. The topological polar surface area (TPSA) is 32.3 Å². The predicted octanol–water partition coefficient (Wildman–Crippen LogP) is 10.3. The van der Waals surface area contributed by atoms with Crippen LogP contribution in [0.5, 0.6) is 0 Å². The molecular weight excluding hydrogens is 643 g/mol. The molecule has 47 heavy (non-hydrogen) atoms. The lowest BCUT2D eigenvalue weighted by atomic mass is 9.97. The molecule has 3 aromatic carbocycles. The van der Waals surface area contributed by atoms with E-state index in [0.29, 0.717) is 6.04 Å². The maximum atomic E-state index is 4.78. The zero-order valence-electron chi connectivity index (χ0n) is 28.1. The summed E-state index contributed by atoms with van der Waals surface area (Å²) in [6.07, 6.45) is 6.21. The fourth-order valence-electron chi connectivity index (χ4n) is 6.51. The van der Waals surface area contributed by atoms with Gasteiger partial charge in [0.2, 0.25) is 0 Å². The van der Waals surface area contributed by atoms with Crippen LogP contribution in [0, 0.1) is 34.6 Å². The number of aryl methyl sites for hydroxylation is 4. The minimum absolute atomic E-state index is 0. The van der Waals surface area contributed by atoms with Gasteiger partial charge in [0.15, 0.2) is 0 Å². The third-order valence-electron chi connectivity index (χ3n) is 9.42. The molecule has 0 spiro atoms. The molecule has 1 saturated heterocycles. The molecular formula is C40H47Cl3N4. The fourth-order valence-corrected chi connectivity index (χ4v) is 6.51. The molecule has 0 aliphatic carbocycles. The monoisotopic (exact) mass is 688 g/mol. The first-order valence-electron chi connectivity index (χ1n) is 15.9. The molecule has 4 nitrogen and oxygen atoms in total. The van der Waals surface area contributed by atoms with Crippen molar-refractivity contribution in [2.45, 2.75) is 66.6 Å². The lowest BCUT2D eigenvalue weighted by molar-refractivity contribution is 0.201. The summed E-state index contributed by atoms with van der Waals surface area (Å²) in [4.78, 5) is 14.7. The summed E-state index contributed by atoms with van der Waals surface area (Å²) in [5.74, 6) is 0. The molecule has 0 saturated carbocycles. The molecule has 1 aliphatic rings. The summed E-state index contributed by atoms with van der Waals surface area (Å²) in [5.41, 5.74) is 15.0. The molecule has 0 amide bonds. The third kappa shape index (κ3) is 9.15. The summed E-state index contributed by atoms with van der Waals surface area (Å²) in [6, 6.07) is 31.5. The number of hydrogen-bond donors (Lipinski definition) is 0. The van der Waals surface area contributed by atoms with E-state index in [2.05, 4.69) is 134 Å². The van der Waals surface area contributed by atoms with Crippen LogP contribution in [0.2, 0.25) is 0 Å². The summed E-state index contributed by atoms with van der Waals surface area (Å²) < 4.78 is 0. The van der Waals surface area contributed by atoms with E-state index in [1.165, 1.54) is 55.8 Å². The van der Waals surface area contributed by atoms with Crippen LogP contribution in [0.15, 0.2) is 97.3 Å². The zero-order valence-corrected chi connectivity index (χ0v) is 30.5. The van der Waals surface area contributed by atoms with Gasteiger partial charge in [-0.05, 0) is 129 Å². The Labute approximate surface area is 299 Å². The lowest BCUT2D eigenvalue weighted by Gasteiger charge is -2.40. The highest BCUT2D eigenvalue weighted by Crippen LogP contribution is 2.30. The SMILES string of the molecule is Cc1ccc(N(Cc2ccnc(-c3cc(C)c(C)c(C)c3)c2)C2CCN(Cc3ccnc(-c4ccccc4C)c3)CC2)cc1.Cl.Cl.Cl. The van der Waals surface area contributed by atoms with Crippen molar-refractivity contribution < 1.29 is 0 Å². The normalized spacial score (nSPS) is 13.2. The Morgan fingerprint density at radius 2 is 1.26 bits per heavy atom. The highest BCUT2D eigenvalue weighted by atomic mass is 35.5. The first-order chi connectivity index (χ1) is 21.3. The van der Waals surface area contributed by atoms with Crippen molar-refractivity contribution in [2.24, 2.45) is 0 Å². The Kier molecular flexibility index (Phi) is 13.9. The number of aromatic nitrogens is 2. The molecule has 0 N–H and O–H groups in total. The molecule has 248 valence electrons. The van der Waals surface area contributed by atoms with E-state index >= 15 is 0 Å². The third-order valence-corrected chi connectivity index (χ3v) is 9.42. The van der Waals surface area contributed by atoms with E-state index in [0.717, 1.165) is 50.4 Å². The Hall–Kier alpha value is -3.41. The van der Waals surface area contributed by atoms with Gasteiger partial charge in [-0.25, -0.2) is 0 Å². The minimum Gasteiger partial charge on any atom is -0.364 e. The van der Waals surface area contributed by atoms with Gasteiger partial charge in [-0.3, -0.25) is 14.9 Å². The molecule has 0 radical (unpaired) electrons.